The Labute approximate surface area is 85.0 Å². The van der Waals surface area contributed by atoms with Crippen LogP contribution in [0.25, 0.3) is 0 Å². The Morgan fingerprint density at radius 3 is 2.64 bits per heavy atom. The molecule has 0 spiro atoms. The lowest BCUT2D eigenvalue weighted by Crippen LogP contribution is -1.89. The third-order valence-electron chi connectivity index (χ3n) is 1.75. The van der Waals surface area contributed by atoms with E-state index < -0.39 is 16.6 Å². The second kappa shape index (κ2) is 4.16. The molecule has 0 bridgehead atoms. The molecule has 0 aliphatic heterocycles. The standard InChI is InChI=1S/C9H7ClFNO2/c10-7-8(13)5(2-1-3-12)4-6(11)9(7)14/h4,13-14H,1-2H2. The lowest BCUT2D eigenvalue weighted by molar-refractivity contribution is 0.416. The highest BCUT2D eigenvalue weighted by Crippen LogP contribution is 2.37. The van der Waals surface area contributed by atoms with Crippen molar-refractivity contribution in [2.24, 2.45) is 0 Å². The lowest BCUT2D eigenvalue weighted by Gasteiger charge is -2.06. The zero-order chi connectivity index (χ0) is 10.7. The van der Waals surface area contributed by atoms with Gasteiger partial charge in [0, 0.05) is 6.42 Å². The van der Waals surface area contributed by atoms with Gasteiger partial charge in [0.25, 0.3) is 0 Å². The van der Waals surface area contributed by atoms with Gasteiger partial charge in [-0.2, -0.15) is 5.26 Å². The van der Waals surface area contributed by atoms with Crippen molar-refractivity contribution in [2.45, 2.75) is 12.8 Å². The molecular weight excluding hydrogens is 209 g/mol. The molecule has 0 saturated heterocycles. The molecular formula is C9H7ClFNO2. The molecule has 1 aromatic carbocycles. The van der Waals surface area contributed by atoms with Crippen LogP contribution in [-0.4, -0.2) is 10.2 Å². The number of hydrogen-bond donors (Lipinski definition) is 2. The maximum Gasteiger partial charge on any atom is 0.174 e. The summed E-state index contributed by atoms with van der Waals surface area (Å²) >= 11 is 5.44. The molecule has 0 aromatic heterocycles. The normalized spacial score (nSPS) is 9.79. The highest BCUT2D eigenvalue weighted by molar-refractivity contribution is 6.33. The van der Waals surface area contributed by atoms with Crippen molar-refractivity contribution < 1.29 is 14.6 Å². The van der Waals surface area contributed by atoms with Crippen LogP contribution in [0.15, 0.2) is 6.07 Å². The van der Waals surface area contributed by atoms with E-state index in [4.69, 9.17) is 22.0 Å². The fourth-order valence-corrected chi connectivity index (χ4v) is 1.24. The number of aromatic hydroxyl groups is 2. The summed E-state index contributed by atoms with van der Waals surface area (Å²) in [7, 11) is 0. The molecule has 5 heteroatoms. The number of halogens is 2. The van der Waals surface area contributed by atoms with Crippen molar-refractivity contribution in [1.82, 2.24) is 0 Å². The monoisotopic (exact) mass is 215 g/mol. The smallest absolute Gasteiger partial charge is 0.174 e. The molecule has 1 aromatic rings. The summed E-state index contributed by atoms with van der Waals surface area (Å²) in [5.41, 5.74) is 0.215. The predicted molar refractivity (Wildman–Crippen MR) is 48.7 cm³/mol. The van der Waals surface area contributed by atoms with Gasteiger partial charge in [-0.3, -0.25) is 0 Å². The zero-order valence-electron chi connectivity index (χ0n) is 7.09. The van der Waals surface area contributed by atoms with Gasteiger partial charge in [-0.05, 0) is 18.1 Å². The number of benzene rings is 1. The quantitative estimate of drug-likeness (QED) is 0.796. The van der Waals surface area contributed by atoms with Gasteiger partial charge < -0.3 is 10.2 Å². The first-order valence-electron chi connectivity index (χ1n) is 3.83. The van der Waals surface area contributed by atoms with Crippen LogP contribution in [0.5, 0.6) is 11.5 Å². The van der Waals surface area contributed by atoms with Crippen LogP contribution in [0, 0.1) is 17.1 Å². The summed E-state index contributed by atoms with van der Waals surface area (Å²) in [6, 6.07) is 2.82. The first kappa shape index (κ1) is 10.6. The average molecular weight is 216 g/mol. The molecule has 0 unspecified atom stereocenters. The number of phenolic OH excluding ortho intramolecular Hbond substituents is 2. The van der Waals surface area contributed by atoms with E-state index in [9.17, 15) is 9.50 Å². The fraction of sp³-hybridized carbons (Fsp3) is 0.222. The topological polar surface area (TPSA) is 64.2 Å². The molecule has 0 aliphatic rings. The summed E-state index contributed by atoms with van der Waals surface area (Å²) in [5, 5.41) is 26.3. The van der Waals surface area contributed by atoms with Gasteiger partial charge in [0.2, 0.25) is 0 Å². The molecule has 14 heavy (non-hydrogen) atoms. The number of nitrogens with zero attached hydrogens (tertiary/aromatic N) is 1. The van der Waals surface area contributed by atoms with Crippen molar-refractivity contribution in [1.29, 1.82) is 5.26 Å². The van der Waals surface area contributed by atoms with Gasteiger partial charge in [0.15, 0.2) is 11.6 Å². The molecule has 0 amide bonds. The van der Waals surface area contributed by atoms with E-state index >= 15 is 0 Å². The maximum absolute atomic E-state index is 12.9. The Hall–Kier alpha value is -1.47. The number of phenols is 2. The van der Waals surface area contributed by atoms with Crippen LogP contribution in [0.3, 0.4) is 0 Å². The minimum atomic E-state index is -0.902. The maximum atomic E-state index is 12.9. The molecule has 0 radical (unpaired) electrons. The summed E-state index contributed by atoms with van der Waals surface area (Å²) in [6.07, 6.45) is 0.341. The van der Waals surface area contributed by atoms with E-state index in [1.807, 2.05) is 6.07 Å². The van der Waals surface area contributed by atoms with E-state index in [1.54, 1.807) is 0 Å². The van der Waals surface area contributed by atoms with Gasteiger partial charge in [-0.15, -0.1) is 0 Å². The van der Waals surface area contributed by atoms with Crippen LogP contribution in [0.2, 0.25) is 5.02 Å². The average Bonchev–Trinajstić information content (AvgIpc) is 2.18. The first-order valence-corrected chi connectivity index (χ1v) is 4.21. The summed E-state index contributed by atoms with van der Waals surface area (Å²) in [5.74, 6) is -2.05. The molecule has 3 nitrogen and oxygen atoms in total. The minimum absolute atomic E-state index is 0.147. The number of rotatable bonds is 2. The SMILES string of the molecule is N#CCCc1cc(F)c(O)c(Cl)c1O. The summed E-state index contributed by atoms with van der Waals surface area (Å²) < 4.78 is 12.9. The van der Waals surface area contributed by atoms with Gasteiger partial charge in [0.05, 0.1) is 6.07 Å². The van der Waals surface area contributed by atoms with Crippen LogP contribution in [0.1, 0.15) is 12.0 Å². The van der Waals surface area contributed by atoms with Gasteiger partial charge in [0.1, 0.15) is 10.8 Å². The van der Waals surface area contributed by atoms with Gasteiger partial charge in [-0.25, -0.2) is 4.39 Å². The largest absolute Gasteiger partial charge is 0.506 e. The second-order valence-electron chi connectivity index (χ2n) is 2.69. The molecule has 0 heterocycles. The number of nitriles is 1. The highest BCUT2D eigenvalue weighted by atomic mass is 35.5. The molecule has 0 atom stereocenters. The predicted octanol–water partition coefficient (Wildman–Crippen LogP) is 2.35. The Kier molecular flexibility index (Phi) is 3.15. The van der Waals surface area contributed by atoms with E-state index in [0.29, 0.717) is 0 Å². The molecule has 1 rings (SSSR count). The van der Waals surface area contributed by atoms with Gasteiger partial charge >= 0.3 is 0 Å². The lowest BCUT2D eigenvalue weighted by atomic mass is 10.1. The van der Waals surface area contributed by atoms with E-state index in [1.165, 1.54) is 0 Å². The number of hydrogen-bond acceptors (Lipinski definition) is 3. The van der Waals surface area contributed by atoms with Crippen molar-refractivity contribution in [3.8, 4) is 17.6 Å². The zero-order valence-corrected chi connectivity index (χ0v) is 7.85. The van der Waals surface area contributed by atoms with E-state index in [2.05, 4.69) is 0 Å². The first-order chi connectivity index (χ1) is 6.57. The van der Waals surface area contributed by atoms with Crippen molar-refractivity contribution in [2.75, 3.05) is 0 Å². The molecule has 74 valence electrons. The van der Waals surface area contributed by atoms with Crippen molar-refractivity contribution in [3.05, 3.63) is 22.5 Å². The summed E-state index contributed by atoms with van der Waals surface area (Å²) in [4.78, 5) is 0. The Balaban J connectivity index is 3.14. The van der Waals surface area contributed by atoms with Gasteiger partial charge in [-0.1, -0.05) is 11.6 Å². The highest BCUT2D eigenvalue weighted by Gasteiger charge is 2.15. The Morgan fingerprint density at radius 1 is 1.43 bits per heavy atom. The van der Waals surface area contributed by atoms with Crippen LogP contribution in [0.4, 0.5) is 4.39 Å². The summed E-state index contributed by atoms with van der Waals surface area (Å²) in [6.45, 7) is 0. The van der Waals surface area contributed by atoms with E-state index in [0.717, 1.165) is 6.07 Å². The number of aryl methyl sites for hydroxylation is 1. The molecule has 0 fully saturated rings. The van der Waals surface area contributed by atoms with Crippen LogP contribution >= 0.6 is 11.6 Å². The van der Waals surface area contributed by atoms with Crippen LogP contribution in [-0.2, 0) is 6.42 Å². The second-order valence-corrected chi connectivity index (χ2v) is 3.06. The fourth-order valence-electron chi connectivity index (χ4n) is 1.03. The van der Waals surface area contributed by atoms with Crippen molar-refractivity contribution in [3.63, 3.8) is 0 Å². The molecule has 2 N–H and O–H groups in total. The third-order valence-corrected chi connectivity index (χ3v) is 2.11. The molecule has 0 saturated carbocycles. The Morgan fingerprint density at radius 2 is 2.07 bits per heavy atom. The minimum Gasteiger partial charge on any atom is -0.506 e. The van der Waals surface area contributed by atoms with Crippen molar-refractivity contribution >= 4 is 11.6 Å². The Bertz CT molecular complexity index is 401. The van der Waals surface area contributed by atoms with Crippen LogP contribution < -0.4 is 0 Å². The third kappa shape index (κ3) is 1.88. The molecule has 0 aliphatic carbocycles. The van der Waals surface area contributed by atoms with E-state index in [-0.39, 0.29) is 24.2 Å².